The fourth-order valence-corrected chi connectivity index (χ4v) is 2.40. The van der Waals surface area contributed by atoms with Gasteiger partial charge in [-0.05, 0) is 41.5 Å². The van der Waals surface area contributed by atoms with Gasteiger partial charge in [-0.15, -0.1) is 0 Å². The van der Waals surface area contributed by atoms with Gasteiger partial charge in [0.1, 0.15) is 0 Å². The molecule has 0 amide bonds. The molecule has 2 aromatic carbocycles. The average Bonchev–Trinajstić information content (AvgIpc) is 2.22. The summed E-state index contributed by atoms with van der Waals surface area (Å²) in [6.07, 6.45) is 0. The molecule has 0 N–H and O–H groups in total. The largest absolute Gasteiger partial charge is 0.673 e. The van der Waals surface area contributed by atoms with Gasteiger partial charge in [0, 0.05) is 18.6 Å². The van der Waals surface area contributed by atoms with E-state index < -0.39 is 7.25 Å². The van der Waals surface area contributed by atoms with Gasteiger partial charge in [-0.1, -0.05) is 69.8 Å². The molecule has 0 aliphatic rings. The molecule has 0 aromatic heterocycles. The molecule has 24 heavy (non-hydrogen) atoms. The Morgan fingerprint density at radius 2 is 0.542 bits per heavy atom. The van der Waals surface area contributed by atoms with Crippen molar-refractivity contribution < 1.29 is 35.8 Å². The first-order valence-corrected chi connectivity index (χ1v) is 7.34. The first-order valence-electron chi connectivity index (χ1n) is 7.34. The molecule has 2 aromatic rings. The number of benzene rings is 2. The van der Waals surface area contributed by atoms with Gasteiger partial charge in [0.15, 0.2) is 0 Å². The fraction of sp³-hybridized carbons (Fsp3) is 0.333. The van der Waals surface area contributed by atoms with Gasteiger partial charge in [-0.3, -0.25) is 0 Å². The summed E-state index contributed by atoms with van der Waals surface area (Å²) in [6, 6.07) is 13.1. The summed E-state index contributed by atoms with van der Waals surface area (Å²) in [5.41, 5.74) is 8.13. The van der Waals surface area contributed by atoms with Crippen LogP contribution in [0.3, 0.4) is 0 Å². The molecule has 0 atom stereocenters. The summed E-state index contributed by atoms with van der Waals surface area (Å²) < 4.78 is 39.0. The molecule has 133 valence electrons. The first kappa shape index (κ1) is 25.1. The monoisotopic (exact) mass is 378 g/mol. The molecular formula is C18H24BF4V-. The number of aryl methyl sites for hydroxylation is 6. The van der Waals surface area contributed by atoms with Crippen LogP contribution in [0.5, 0.6) is 0 Å². The quantitative estimate of drug-likeness (QED) is 0.362. The molecule has 0 heterocycles. The number of hydrogen-bond acceptors (Lipinski definition) is 0. The van der Waals surface area contributed by atoms with E-state index in [-0.39, 0.29) is 18.6 Å². The summed E-state index contributed by atoms with van der Waals surface area (Å²) in [6.45, 7) is 12.8. The van der Waals surface area contributed by atoms with Crippen LogP contribution in [0.15, 0.2) is 36.4 Å². The zero-order valence-corrected chi connectivity index (χ0v) is 16.4. The summed E-state index contributed by atoms with van der Waals surface area (Å²) in [7, 11) is -6.00. The molecule has 0 bridgehead atoms. The SMILES string of the molecule is Cc1cc(C)cc(C)c1.Cc1cc(C)cc(C)c1.F[B-](F)(F)F.[V]. The minimum Gasteiger partial charge on any atom is -0.418 e. The van der Waals surface area contributed by atoms with Crippen LogP contribution in [0, 0.1) is 41.5 Å². The summed E-state index contributed by atoms with van der Waals surface area (Å²) in [5, 5.41) is 0. The molecule has 0 saturated heterocycles. The van der Waals surface area contributed by atoms with Crippen LogP contribution in [0.2, 0.25) is 0 Å². The third kappa shape index (κ3) is 15.7. The molecule has 6 heteroatoms. The normalized spacial score (nSPS) is 9.75. The Morgan fingerprint density at radius 3 is 0.625 bits per heavy atom. The third-order valence-corrected chi connectivity index (χ3v) is 2.73. The Kier molecular flexibility index (Phi) is 11.9. The van der Waals surface area contributed by atoms with Crippen molar-refractivity contribution in [2.75, 3.05) is 0 Å². The summed E-state index contributed by atoms with van der Waals surface area (Å²) in [4.78, 5) is 0. The van der Waals surface area contributed by atoms with E-state index in [1.54, 1.807) is 0 Å². The van der Waals surface area contributed by atoms with Crippen molar-refractivity contribution >= 4 is 7.25 Å². The molecule has 2 rings (SSSR count). The van der Waals surface area contributed by atoms with Crippen LogP contribution in [0.25, 0.3) is 0 Å². The predicted octanol–water partition coefficient (Wildman–Crippen LogP) is 6.52. The molecular weight excluding hydrogens is 354 g/mol. The Bertz CT molecular complexity index is 468. The topological polar surface area (TPSA) is 0 Å². The van der Waals surface area contributed by atoms with Crippen molar-refractivity contribution in [2.24, 2.45) is 0 Å². The molecule has 0 nitrogen and oxygen atoms in total. The van der Waals surface area contributed by atoms with E-state index >= 15 is 0 Å². The van der Waals surface area contributed by atoms with Gasteiger partial charge in [-0.2, -0.15) is 0 Å². The maximum atomic E-state index is 9.75. The molecule has 0 aliphatic carbocycles. The second kappa shape index (κ2) is 11.4. The van der Waals surface area contributed by atoms with E-state index in [1.165, 1.54) is 33.4 Å². The predicted molar refractivity (Wildman–Crippen MR) is 91.5 cm³/mol. The molecule has 0 saturated carbocycles. The van der Waals surface area contributed by atoms with Crippen LogP contribution in [-0.4, -0.2) is 7.25 Å². The van der Waals surface area contributed by atoms with Crippen molar-refractivity contribution in [3.8, 4) is 0 Å². The summed E-state index contributed by atoms with van der Waals surface area (Å²) >= 11 is 0. The van der Waals surface area contributed by atoms with Gasteiger partial charge in [-0.25, -0.2) is 0 Å². The number of rotatable bonds is 0. The van der Waals surface area contributed by atoms with Gasteiger partial charge < -0.3 is 17.3 Å². The van der Waals surface area contributed by atoms with Crippen molar-refractivity contribution in [1.29, 1.82) is 0 Å². The maximum Gasteiger partial charge on any atom is 0.673 e. The zero-order valence-electron chi connectivity index (χ0n) is 15.0. The van der Waals surface area contributed by atoms with Crippen LogP contribution in [-0.2, 0) is 18.6 Å². The van der Waals surface area contributed by atoms with Crippen LogP contribution >= 0.6 is 0 Å². The molecule has 0 spiro atoms. The van der Waals surface area contributed by atoms with Crippen LogP contribution < -0.4 is 0 Å². The van der Waals surface area contributed by atoms with Crippen LogP contribution in [0.1, 0.15) is 33.4 Å². The first-order chi connectivity index (χ1) is 10.4. The molecule has 0 fully saturated rings. The molecule has 0 unspecified atom stereocenters. The Balaban J connectivity index is 0. The number of hydrogen-bond donors (Lipinski definition) is 0. The van der Waals surface area contributed by atoms with Crippen molar-refractivity contribution in [2.45, 2.75) is 41.5 Å². The van der Waals surface area contributed by atoms with Crippen molar-refractivity contribution in [1.82, 2.24) is 0 Å². The second-order valence-corrected chi connectivity index (χ2v) is 5.82. The zero-order chi connectivity index (χ0) is 18.2. The van der Waals surface area contributed by atoms with E-state index in [0.717, 1.165) is 0 Å². The average molecular weight is 378 g/mol. The van der Waals surface area contributed by atoms with Gasteiger partial charge in [0.25, 0.3) is 0 Å². The van der Waals surface area contributed by atoms with E-state index in [0.29, 0.717) is 0 Å². The van der Waals surface area contributed by atoms with E-state index in [9.17, 15) is 17.3 Å². The van der Waals surface area contributed by atoms with Gasteiger partial charge in [0.2, 0.25) is 0 Å². The maximum absolute atomic E-state index is 9.75. The summed E-state index contributed by atoms with van der Waals surface area (Å²) in [5.74, 6) is 0. The smallest absolute Gasteiger partial charge is 0.418 e. The van der Waals surface area contributed by atoms with Crippen molar-refractivity contribution in [3.05, 3.63) is 69.8 Å². The van der Waals surface area contributed by atoms with Gasteiger partial charge >= 0.3 is 7.25 Å². The van der Waals surface area contributed by atoms with E-state index in [1.807, 2.05) is 0 Å². The Hall–Kier alpha value is -1.19. The van der Waals surface area contributed by atoms with Crippen LogP contribution in [0.4, 0.5) is 17.3 Å². The molecule has 1 radical (unpaired) electrons. The minimum absolute atomic E-state index is 0. The van der Waals surface area contributed by atoms with E-state index in [2.05, 4.69) is 77.9 Å². The minimum atomic E-state index is -6.00. The Morgan fingerprint density at radius 1 is 0.458 bits per heavy atom. The Labute approximate surface area is 154 Å². The molecule has 0 aliphatic heterocycles. The second-order valence-electron chi connectivity index (χ2n) is 5.82. The third-order valence-electron chi connectivity index (χ3n) is 2.73. The van der Waals surface area contributed by atoms with Crippen molar-refractivity contribution in [3.63, 3.8) is 0 Å². The van der Waals surface area contributed by atoms with Gasteiger partial charge in [0.05, 0.1) is 0 Å². The number of halogens is 4. The standard InChI is InChI=1S/2C9H12.BF4.V/c2*1-7-4-8(2)6-9(3)5-7;2-1(3,4)5;/h2*4-6H,1-3H3;;/q;;-1;. The van der Waals surface area contributed by atoms with E-state index in [4.69, 9.17) is 0 Å². The fourth-order valence-electron chi connectivity index (χ4n) is 2.40.